The summed E-state index contributed by atoms with van der Waals surface area (Å²) in [4.78, 5) is 1.54. The summed E-state index contributed by atoms with van der Waals surface area (Å²) in [5.41, 5.74) is 1.34. The van der Waals surface area contributed by atoms with Crippen LogP contribution in [0.1, 0.15) is 18.4 Å². The highest BCUT2D eigenvalue weighted by Crippen LogP contribution is 2.31. The molecule has 12 heavy (non-hydrogen) atoms. The smallest absolute Gasteiger partial charge is 0.00199 e. The monoisotopic (exact) mass is 176 g/mol. The van der Waals surface area contributed by atoms with Crippen LogP contribution in [0, 0.1) is 0 Å². The first-order chi connectivity index (χ1) is 5.95. The Balaban J connectivity index is 2.16. The molecule has 1 aliphatic heterocycles. The Morgan fingerprint density at radius 1 is 1.17 bits per heavy atom. The molecule has 0 aliphatic carbocycles. The van der Waals surface area contributed by atoms with E-state index in [0.717, 1.165) is 0 Å². The molecule has 1 aliphatic rings. The number of rotatable bonds is 1. The highest BCUT2D eigenvalue weighted by molar-refractivity contribution is 8.03. The van der Waals surface area contributed by atoms with Crippen molar-refractivity contribution in [1.82, 2.24) is 0 Å². The maximum Gasteiger partial charge on any atom is -0.00199 e. The molecule has 1 heterocycles. The second-order valence-corrected chi connectivity index (χ2v) is 4.19. The number of benzene rings is 1. The molecule has 0 nitrogen and oxygen atoms in total. The fraction of sp³-hybridized carbons (Fsp3) is 0.273. The second-order valence-electron chi connectivity index (χ2n) is 2.97. The van der Waals surface area contributed by atoms with E-state index in [9.17, 15) is 0 Å². The molecular weight excluding hydrogens is 164 g/mol. The molecule has 0 spiro atoms. The van der Waals surface area contributed by atoms with Gasteiger partial charge >= 0.3 is 0 Å². The zero-order valence-corrected chi connectivity index (χ0v) is 7.81. The molecular formula is C11H12S. The standard InChI is InChI=1S/C11H12S/c1-2-5-10(6-3-1)9-11-7-4-8-12-11/h1-3,5-6,9H,4,7-8H2. The Morgan fingerprint density at radius 3 is 2.67 bits per heavy atom. The average Bonchev–Trinajstić information content (AvgIpc) is 2.59. The van der Waals surface area contributed by atoms with Crippen molar-refractivity contribution in [2.75, 3.05) is 5.75 Å². The van der Waals surface area contributed by atoms with Gasteiger partial charge in [0.1, 0.15) is 0 Å². The summed E-state index contributed by atoms with van der Waals surface area (Å²) in [6.07, 6.45) is 4.93. The molecule has 0 bridgehead atoms. The summed E-state index contributed by atoms with van der Waals surface area (Å²) >= 11 is 2.00. The van der Waals surface area contributed by atoms with E-state index in [2.05, 4.69) is 36.4 Å². The lowest BCUT2D eigenvalue weighted by molar-refractivity contribution is 0.999. The first-order valence-electron chi connectivity index (χ1n) is 4.33. The largest absolute Gasteiger partial charge is 0.131 e. The molecule has 62 valence electrons. The zero-order valence-electron chi connectivity index (χ0n) is 6.99. The summed E-state index contributed by atoms with van der Waals surface area (Å²) in [6.45, 7) is 0. The quantitative estimate of drug-likeness (QED) is 0.630. The van der Waals surface area contributed by atoms with E-state index in [1.165, 1.54) is 24.2 Å². The number of thioether (sulfide) groups is 1. The van der Waals surface area contributed by atoms with Gasteiger partial charge in [-0.3, -0.25) is 0 Å². The van der Waals surface area contributed by atoms with Crippen LogP contribution in [0.25, 0.3) is 6.08 Å². The molecule has 0 aromatic heterocycles. The number of hydrogen-bond donors (Lipinski definition) is 0. The van der Waals surface area contributed by atoms with Crippen LogP contribution >= 0.6 is 11.8 Å². The van der Waals surface area contributed by atoms with Crippen LogP contribution < -0.4 is 0 Å². The maximum absolute atomic E-state index is 2.30. The second kappa shape index (κ2) is 3.81. The molecule has 1 aromatic carbocycles. The van der Waals surface area contributed by atoms with Crippen LogP contribution in [0.5, 0.6) is 0 Å². The molecule has 1 aromatic rings. The molecule has 0 unspecified atom stereocenters. The molecule has 0 N–H and O–H groups in total. The highest BCUT2D eigenvalue weighted by atomic mass is 32.2. The Kier molecular flexibility index (Phi) is 2.52. The van der Waals surface area contributed by atoms with Gasteiger partial charge in [-0.2, -0.15) is 0 Å². The van der Waals surface area contributed by atoms with Crippen LogP contribution in [0.2, 0.25) is 0 Å². The Labute approximate surface area is 77.7 Å². The summed E-state index contributed by atoms with van der Waals surface area (Å²) in [6, 6.07) is 10.6. The van der Waals surface area contributed by atoms with Crippen molar-refractivity contribution in [2.24, 2.45) is 0 Å². The van der Waals surface area contributed by atoms with Gasteiger partial charge in [0.25, 0.3) is 0 Å². The van der Waals surface area contributed by atoms with Crippen LogP contribution in [0.3, 0.4) is 0 Å². The first kappa shape index (κ1) is 7.93. The highest BCUT2D eigenvalue weighted by Gasteiger charge is 2.05. The molecule has 1 heteroatoms. The molecule has 2 rings (SSSR count). The van der Waals surface area contributed by atoms with Crippen molar-refractivity contribution < 1.29 is 0 Å². The van der Waals surface area contributed by atoms with Crippen molar-refractivity contribution >= 4 is 17.8 Å². The fourth-order valence-electron chi connectivity index (χ4n) is 1.37. The SMILES string of the molecule is C(=C1CCCS1)c1ccccc1. The minimum Gasteiger partial charge on any atom is -0.131 e. The summed E-state index contributed by atoms with van der Waals surface area (Å²) in [7, 11) is 0. The van der Waals surface area contributed by atoms with Gasteiger partial charge in [0.2, 0.25) is 0 Å². The maximum atomic E-state index is 2.30. The Bertz CT molecular complexity index is 266. The van der Waals surface area contributed by atoms with Gasteiger partial charge in [0, 0.05) is 0 Å². The molecule has 1 fully saturated rings. The van der Waals surface area contributed by atoms with Crippen molar-refractivity contribution in [3.63, 3.8) is 0 Å². The van der Waals surface area contributed by atoms with Gasteiger partial charge < -0.3 is 0 Å². The molecule has 0 radical (unpaired) electrons. The zero-order chi connectivity index (χ0) is 8.23. The molecule has 0 amide bonds. The van der Waals surface area contributed by atoms with Gasteiger partial charge in [-0.1, -0.05) is 30.3 Å². The van der Waals surface area contributed by atoms with E-state index in [1.807, 2.05) is 11.8 Å². The predicted octanol–water partition coefficient (Wildman–Crippen LogP) is 3.55. The third-order valence-electron chi connectivity index (χ3n) is 1.98. The predicted molar refractivity (Wildman–Crippen MR) is 56.1 cm³/mol. The molecule has 0 saturated carbocycles. The van der Waals surface area contributed by atoms with Gasteiger partial charge in [-0.15, -0.1) is 11.8 Å². The van der Waals surface area contributed by atoms with Crippen molar-refractivity contribution in [1.29, 1.82) is 0 Å². The van der Waals surface area contributed by atoms with Gasteiger partial charge in [0.05, 0.1) is 0 Å². The van der Waals surface area contributed by atoms with Gasteiger partial charge in [-0.25, -0.2) is 0 Å². The van der Waals surface area contributed by atoms with E-state index in [4.69, 9.17) is 0 Å². The van der Waals surface area contributed by atoms with E-state index in [-0.39, 0.29) is 0 Å². The van der Waals surface area contributed by atoms with Gasteiger partial charge in [-0.05, 0) is 35.1 Å². The van der Waals surface area contributed by atoms with Crippen LogP contribution in [-0.4, -0.2) is 5.75 Å². The van der Waals surface area contributed by atoms with E-state index < -0.39 is 0 Å². The summed E-state index contributed by atoms with van der Waals surface area (Å²) < 4.78 is 0. The van der Waals surface area contributed by atoms with Crippen molar-refractivity contribution in [3.8, 4) is 0 Å². The minimum atomic E-state index is 1.28. The average molecular weight is 176 g/mol. The van der Waals surface area contributed by atoms with Crippen molar-refractivity contribution in [3.05, 3.63) is 40.8 Å². The summed E-state index contributed by atoms with van der Waals surface area (Å²) in [5.74, 6) is 1.30. The third kappa shape index (κ3) is 1.92. The van der Waals surface area contributed by atoms with E-state index >= 15 is 0 Å². The Morgan fingerprint density at radius 2 is 2.00 bits per heavy atom. The van der Waals surface area contributed by atoms with Gasteiger partial charge in [0.15, 0.2) is 0 Å². The van der Waals surface area contributed by atoms with Crippen LogP contribution in [-0.2, 0) is 0 Å². The lowest BCUT2D eigenvalue weighted by atomic mass is 10.2. The topological polar surface area (TPSA) is 0 Å². The third-order valence-corrected chi connectivity index (χ3v) is 3.17. The fourth-order valence-corrected chi connectivity index (χ4v) is 2.43. The lowest BCUT2D eigenvalue weighted by Gasteiger charge is -1.94. The van der Waals surface area contributed by atoms with Crippen LogP contribution in [0.15, 0.2) is 35.2 Å². The first-order valence-corrected chi connectivity index (χ1v) is 5.32. The Hall–Kier alpha value is -0.690. The van der Waals surface area contributed by atoms with E-state index in [0.29, 0.717) is 0 Å². The number of hydrogen-bond acceptors (Lipinski definition) is 1. The van der Waals surface area contributed by atoms with Crippen LogP contribution in [0.4, 0.5) is 0 Å². The minimum absolute atomic E-state index is 1.28. The summed E-state index contributed by atoms with van der Waals surface area (Å²) in [5, 5.41) is 0. The normalized spacial score (nSPS) is 20.2. The molecule has 1 saturated heterocycles. The van der Waals surface area contributed by atoms with Crippen molar-refractivity contribution in [2.45, 2.75) is 12.8 Å². The van der Waals surface area contributed by atoms with E-state index in [1.54, 1.807) is 4.91 Å². The molecule has 0 atom stereocenters. The lowest BCUT2D eigenvalue weighted by Crippen LogP contribution is -1.71. The number of allylic oxidation sites excluding steroid dienone is 1.